The van der Waals surface area contributed by atoms with Gasteiger partial charge in [0.25, 0.3) is 5.91 Å². The van der Waals surface area contributed by atoms with E-state index in [9.17, 15) is 4.79 Å². The summed E-state index contributed by atoms with van der Waals surface area (Å²) in [5.41, 5.74) is 2.76. The number of ether oxygens (including phenoxy) is 3. The quantitative estimate of drug-likeness (QED) is 0.547. The number of carbonyl (C=O) groups is 1. The molecule has 1 fully saturated rings. The van der Waals surface area contributed by atoms with E-state index in [-0.39, 0.29) is 18.6 Å². The molecule has 5 rings (SSSR count). The fourth-order valence-corrected chi connectivity index (χ4v) is 4.49. The van der Waals surface area contributed by atoms with Crippen LogP contribution in [0.5, 0.6) is 23.0 Å². The lowest BCUT2D eigenvalue weighted by Gasteiger charge is -2.41. The van der Waals surface area contributed by atoms with Crippen LogP contribution in [0.25, 0.3) is 0 Å². The van der Waals surface area contributed by atoms with Crippen molar-refractivity contribution in [2.75, 3.05) is 33.4 Å². The second kappa shape index (κ2) is 9.70. The molecule has 1 atom stereocenters. The molecule has 0 N–H and O–H groups in total. The van der Waals surface area contributed by atoms with E-state index in [2.05, 4.69) is 11.8 Å². The Hall–Kier alpha value is -4.00. The molecule has 0 bridgehead atoms. The molecule has 3 aromatic carbocycles. The molecule has 3 aromatic rings. The summed E-state index contributed by atoms with van der Waals surface area (Å²) in [7, 11) is 1.65. The first-order valence-corrected chi connectivity index (χ1v) is 11.8. The maximum absolute atomic E-state index is 12.9. The summed E-state index contributed by atoms with van der Waals surface area (Å²) < 4.78 is 17.5. The van der Waals surface area contributed by atoms with Gasteiger partial charge in [0, 0.05) is 25.7 Å². The summed E-state index contributed by atoms with van der Waals surface area (Å²) in [6.07, 6.45) is 0. The van der Waals surface area contributed by atoms with Gasteiger partial charge < -0.3 is 24.0 Å². The molecule has 1 unspecified atom stereocenters. The van der Waals surface area contributed by atoms with Crippen molar-refractivity contribution in [2.45, 2.75) is 19.9 Å². The molecular weight excluding hydrogens is 442 g/mol. The fourth-order valence-electron chi connectivity index (χ4n) is 4.49. The minimum absolute atomic E-state index is 0.00552. The Morgan fingerprint density at radius 1 is 1.03 bits per heavy atom. The van der Waals surface area contributed by atoms with Crippen LogP contribution in [0.2, 0.25) is 0 Å². The minimum Gasteiger partial charge on any atom is -0.497 e. The molecule has 2 heterocycles. The number of fused-ring (bicyclic) bond motifs is 2. The number of aryl methyl sites for hydroxylation is 1. The molecule has 1 saturated heterocycles. The second-order valence-electron chi connectivity index (χ2n) is 8.85. The molecule has 2 aliphatic rings. The zero-order chi connectivity index (χ0) is 24.4. The van der Waals surface area contributed by atoms with Crippen LogP contribution in [0.1, 0.15) is 18.1 Å². The SMILES string of the molecule is COc1ccc2c(c1)C(N1CCN(C(=O)COc3ccccc3)C(C)C1)=Nc1ccc(C)cc1O2. The highest BCUT2D eigenvalue weighted by atomic mass is 16.5. The smallest absolute Gasteiger partial charge is 0.260 e. The number of hydrogen-bond donors (Lipinski definition) is 0. The number of aliphatic imine (C=N–C) groups is 1. The summed E-state index contributed by atoms with van der Waals surface area (Å²) in [5, 5.41) is 0. The van der Waals surface area contributed by atoms with Crippen molar-refractivity contribution in [3.63, 3.8) is 0 Å². The van der Waals surface area contributed by atoms with Crippen LogP contribution >= 0.6 is 0 Å². The van der Waals surface area contributed by atoms with E-state index in [4.69, 9.17) is 19.2 Å². The lowest BCUT2D eigenvalue weighted by atomic mass is 10.1. The first-order chi connectivity index (χ1) is 17.0. The molecule has 0 radical (unpaired) electrons. The van der Waals surface area contributed by atoms with Gasteiger partial charge in [0.2, 0.25) is 0 Å². The van der Waals surface area contributed by atoms with Crippen molar-refractivity contribution in [3.05, 3.63) is 77.9 Å². The van der Waals surface area contributed by atoms with Crippen molar-refractivity contribution in [3.8, 4) is 23.0 Å². The van der Waals surface area contributed by atoms with Crippen LogP contribution in [0.15, 0.2) is 71.7 Å². The van der Waals surface area contributed by atoms with Crippen LogP contribution in [0.4, 0.5) is 5.69 Å². The average molecular weight is 472 g/mol. The Bertz CT molecular complexity index is 1260. The molecule has 180 valence electrons. The van der Waals surface area contributed by atoms with Crippen molar-refractivity contribution in [1.29, 1.82) is 0 Å². The van der Waals surface area contributed by atoms with Crippen LogP contribution in [-0.2, 0) is 4.79 Å². The van der Waals surface area contributed by atoms with Crippen molar-refractivity contribution < 1.29 is 19.0 Å². The number of amidine groups is 1. The molecule has 2 aliphatic heterocycles. The average Bonchev–Trinajstić information content (AvgIpc) is 3.03. The lowest BCUT2D eigenvalue weighted by molar-refractivity contribution is -0.137. The van der Waals surface area contributed by atoms with Gasteiger partial charge in [-0.05, 0) is 61.9 Å². The Balaban J connectivity index is 1.38. The largest absolute Gasteiger partial charge is 0.497 e. The van der Waals surface area contributed by atoms with Gasteiger partial charge in [-0.3, -0.25) is 4.79 Å². The monoisotopic (exact) mass is 471 g/mol. The maximum Gasteiger partial charge on any atom is 0.260 e. The third-order valence-electron chi connectivity index (χ3n) is 6.34. The number of piperazine rings is 1. The van der Waals surface area contributed by atoms with E-state index in [0.717, 1.165) is 39.9 Å². The van der Waals surface area contributed by atoms with E-state index < -0.39 is 0 Å². The molecule has 1 amide bonds. The van der Waals surface area contributed by atoms with Gasteiger partial charge in [-0.15, -0.1) is 0 Å². The summed E-state index contributed by atoms with van der Waals surface area (Å²) >= 11 is 0. The molecule has 7 nitrogen and oxygen atoms in total. The predicted molar refractivity (Wildman–Crippen MR) is 135 cm³/mol. The van der Waals surface area contributed by atoms with Gasteiger partial charge >= 0.3 is 0 Å². The van der Waals surface area contributed by atoms with Gasteiger partial charge in [-0.2, -0.15) is 0 Å². The summed E-state index contributed by atoms with van der Waals surface area (Å²) in [5.74, 6) is 3.69. The Labute approximate surface area is 205 Å². The van der Waals surface area contributed by atoms with Crippen LogP contribution in [0.3, 0.4) is 0 Å². The number of carbonyl (C=O) groups excluding carboxylic acids is 1. The van der Waals surface area contributed by atoms with Crippen molar-refractivity contribution in [1.82, 2.24) is 9.80 Å². The molecular formula is C28H29N3O4. The Morgan fingerprint density at radius 3 is 2.63 bits per heavy atom. The van der Waals surface area contributed by atoms with E-state index >= 15 is 0 Å². The number of para-hydroxylation sites is 1. The first-order valence-electron chi connectivity index (χ1n) is 11.8. The molecule has 35 heavy (non-hydrogen) atoms. The maximum atomic E-state index is 12.9. The van der Waals surface area contributed by atoms with Gasteiger partial charge in [0.05, 0.1) is 12.7 Å². The van der Waals surface area contributed by atoms with Gasteiger partial charge in [0.15, 0.2) is 12.4 Å². The highest BCUT2D eigenvalue weighted by Crippen LogP contribution is 2.40. The van der Waals surface area contributed by atoms with E-state index in [1.807, 2.05) is 78.6 Å². The Kier molecular flexibility index (Phi) is 6.31. The molecule has 0 spiro atoms. The lowest BCUT2D eigenvalue weighted by Crippen LogP contribution is -2.56. The summed E-state index contributed by atoms with van der Waals surface area (Å²) in [6.45, 7) is 6.00. The number of methoxy groups -OCH3 is 1. The van der Waals surface area contributed by atoms with Crippen molar-refractivity contribution in [2.24, 2.45) is 4.99 Å². The molecule has 7 heteroatoms. The number of amides is 1. The van der Waals surface area contributed by atoms with Crippen LogP contribution in [0, 0.1) is 6.92 Å². The molecule has 0 aliphatic carbocycles. The van der Waals surface area contributed by atoms with Crippen molar-refractivity contribution >= 4 is 17.4 Å². The standard InChI is InChI=1S/C28H29N3O4/c1-19-9-11-24-26(15-19)35-25-12-10-22(33-3)16-23(25)28(29-24)30-13-14-31(20(2)17-30)27(32)18-34-21-7-5-4-6-8-21/h4-12,15-16,20H,13-14,17-18H2,1-3H3. The number of hydrogen-bond acceptors (Lipinski definition) is 6. The van der Waals surface area contributed by atoms with Crippen LogP contribution < -0.4 is 14.2 Å². The highest BCUT2D eigenvalue weighted by Gasteiger charge is 2.32. The zero-order valence-electron chi connectivity index (χ0n) is 20.2. The number of nitrogens with zero attached hydrogens (tertiary/aromatic N) is 3. The zero-order valence-corrected chi connectivity index (χ0v) is 20.2. The van der Waals surface area contributed by atoms with Gasteiger partial charge in [-0.25, -0.2) is 4.99 Å². The number of rotatable bonds is 4. The third-order valence-corrected chi connectivity index (χ3v) is 6.34. The number of benzene rings is 3. The van der Waals surface area contributed by atoms with Crippen LogP contribution in [-0.4, -0.2) is 60.9 Å². The predicted octanol–water partition coefficient (Wildman–Crippen LogP) is 4.80. The van der Waals surface area contributed by atoms with E-state index in [1.54, 1.807) is 7.11 Å². The minimum atomic E-state index is -0.0185. The first kappa shape index (κ1) is 22.8. The third kappa shape index (κ3) is 4.80. The Morgan fingerprint density at radius 2 is 1.86 bits per heavy atom. The second-order valence-corrected chi connectivity index (χ2v) is 8.85. The van der Waals surface area contributed by atoms with Gasteiger partial charge in [-0.1, -0.05) is 24.3 Å². The normalized spacial score (nSPS) is 16.9. The summed E-state index contributed by atoms with van der Waals surface area (Å²) in [6, 6.07) is 21.2. The van der Waals surface area contributed by atoms with Gasteiger partial charge in [0.1, 0.15) is 28.8 Å². The molecule has 0 aromatic heterocycles. The van der Waals surface area contributed by atoms with E-state index in [1.165, 1.54) is 0 Å². The topological polar surface area (TPSA) is 63.6 Å². The highest BCUT2D eigenvalue weighted by molar-refractivity contribution is 6.04. The fraction of sp³-hybridized carbons (Fsp3) is 0.286. The molecule has 0 saturated carbocycles. The summed E-state index contributed by atoms with van der Waals surface area (Å²) in [4.78, 5) is 22.1. The van der Waals surface area contributed by atoms with E-state index in [0.29, 0.717) is 25.4 Å².